The van der Waals surface area contributed by atoms with Crippen LogP contribution in [0.3, 0.4) is 0 Å². The number of carbonyl (C=O) groups excluding carboxylic acids is 2. The molecule has 0 aliphatic heterocycles. The first kappa shape index (κ1) is 15.3. The fourth-order valence-corrected chi connectivity index (χ4v) is 2.82. The normalized spacial score (nSPS) is 22.9. The quantitative estimate of drug-likeness (QED) is 0.677. The van der Waals surface area contributed by atoms with Gasteiger partial charge in [0, 0.05) is 18.5 Å². The van der Waals surface area contributed by atoms with E-state index in [9.17, 15) is 9.59 Å². The van der Waals surface area contributed by atoms with Crippen molar-refractivity contribution in [3.63, 3.8) is 0 Å². The van der Waals surface area contributed by atoms with E-state index in [-0.39, 0.29) is 23.8 Å². The molecule has 0 aromatic rings. The van der Waals surface area contributed by atoms with Crippen molar-refractivity contribution in [3.05, 3.63) is 0 Å². The molecule has 2 fully saturated rings. The van der Waals surface area contributed by atoms with Crippen molar-refractivity contribution in [2.45, 2.75) is 64.0 Å². The van der Waals surface area contributed by atoms with Gasteiger partial charge < -0.3 is 16.4 Å². The summed E-state index contributed by atoms with van der Waals surface area (Å²) in [6, 6.07) is -0.420. The summed E-state index contributed by atoms with van der Waals surface area (Å²) in [5.41, 5.74) is 5.94. The first-order valence-electron chi connectivity index (χ1n) is 7.91. The molecule has 0 spiro atoms. The van der Waals surface area contributed by atoms with Crippen molar-refractivity contribution in [3.8, 4) is 0 Å². The average molecular weight is 281 g/mol. The first-order chi connectivity index (χ1) is 9.58. The Kier molecular flexibility index (Phi) is 5.40. The standard InChI is InChI=1S/C15H27N3O2/c1-10(14(19)17-9-13(16)11-7-8-11)18-15(20)12-5-3-2-4-6-12/h10-13H,2-9,16H2,1H3,(H,17,19)(H,18,20)/t10-,13?/m0/s1. The minimum absolute atomic E-state index is 0.0267. The molecule has 4 N–H and O–H groups in total. The first-order valence-corrected chi connectivity index (χ1v) is 7.91. The van der Waals surface area contributed by atoms with Crippen molar-refractivity contribution in [2.24, 2.45) is 17.6 Å². The van der Waals surface area contributed by atoms with Crippen LogP contribution in [0.2, 0.25) is 0 Å². The van der Waals surface area contributed by atoms with E-state index < -0.39 is 6.04 Å². The summed E-state index contributed by atoms with van der Waals surface area (Å²) in [7, 11) is 0. The van der Waals surface area contributed by atoms with Crippen LogP contribution in [0.5, 0.6) is 0 Å². The fourth-order valence-electron chi connectivity index (χ4n) is 2.82. The number of amides is 2. The van der Waals surface area contributed by atoms with Gasteiger partial charge in [0.1, 0.15) is 6.04 Å². The van der Waals surface area contributed by atoms with Gasteiger partial charge in [0.15, 0.2) is 0 Å². The van der Waals surface area contributed by atoms with Gasteiger partial charge in [-0.1, -0.05) is 19.3 Å². The molecular formula is C15H27N3O2. The maximum atomic E-state index is 12.1. The van der Waals surface area contributed by atoms with Gasteiger partial charge in [0.25, 0.3) is 0 Å². The van der Waals surface area contributed by atoms with Crippen LogP contribution in [-0.4, -0.2) is 30.4 Å². The van der Waals surface area contributed by atoms with Crippen LogP contribution in [-0.2, 0) is 9.59 Å². The minimum Gasteiger partial charge on any atom is -0.353 e. The van der Waals surface area contributed by atoms with E-state index in [4.69, 9.17) is 5.73 Å². The Morgan fingerprint density at radius 3 is 2.40 bits per heavy atom. The van der Waals surface area contributed by atoms with E-state index >= 15 is 0 Å². The summed E-state index contributed by atoms with van der Waals surface area (Å²) >= 11 is 0. The second-order valence-electron chi connectivity index (χ2n) is 6.31. The molecular weight excluding hydrogens is 254 g/mol. The zero-order chi connectivity index (χ0) is 14.5. The Morgan fingerprint density at radius 2 is 1.80 bits per heavy atom. The monoisotopic (exact) mass is 281 g/mol. The van der Waals surface area contributed by atoms with E-state index in [0.29, 0.717) is 12.5 Å². The lowest BCUT2D eigenvalue weighted by Crippen LogP contribution is -2.49. The molecule has 0 heterocycles. The number of rotatable bonds is 6. The predicted molar refractivity (Wildman–Crippen MR) is 77.9 cm³/mol. The molecule has 5 heteroatoms. The van der Waals surface area contributed by atoms with Crippen molar-refractivity contribution in [1.29, 1.82) is 0 Å². The zero-order valence-electron chi connectivity index (χ0n) is 12.4. The highest BCUT2D eigenvalue weighted by Crippen LogP contribution is 2.31. The maximum absolute atomic E-state index is 12.1. The highest BCUT2D eigenvalue weighted by molar-refractivity contribution is 5.88. The van der Waals surface area contributed by atoms with Gasteiger partial charge in [-0.15, -0.1) is 0 Å². The number of carbonyl (C=O) groups is 2. The molecule has 0 aromatic heterocycles. The highest BCUT2D eigenvalue weighted by atomic mass is 16.2. The lowest BCUT2D eigenvalue weighted by Gasteiger charge is -2.23. The lowest BCUT2D eigenvalue weighted by molar-refractivity contribution is -0.131. The van der Waals surface area contributed by atoms with E-state index in [1.54, 1.807) is 6.92 Å². The van der Waals surface area contributed by atoms with Crippen LogP contribution in [0.4, 0.5) is 0 Å². The van der Waals surface area contributed by atoms with Crippen molar-refractivity contribution in [2.75, 3.05) is 6.54 Å². The van der Waals surface area contributed by atoms with E-state index in [0.717, 1.165) is 25.7 Å². The molecule has 0 radical (unpaired) electrons. The van der Waals surface area contributed by atoms with Crippen LogP contribution < -0.4 is 16.4 Å². The van der Waals surface area contributed by atoms with Crippen LogP contribution in [0.15, 0.2) is 0 Å². The predicted octanol–water partition coefficient (Wildman–Crippen LogP) is 0.925. The Labute approximate surface area is 121 Å². The second-order valence-corrected chi connectivity index (χ2v) is 6.31. The van der Waals surface area contributed by atoms with Gasteiger partial charge in [0.05, 0.1) is 0 Å². The largest absolute Gasteiger partial charge is 0.353 e. The summed E-state index contributed by atoms with van der Waals surface area (Å²) in [6.45, 7) is 2.24. The fraction of sp³-hybridized carbons (Fsp3) is 0.867. The molecule has 114 valence electrons. The van der Waals surface area contributed by atoms with Crippen LogP contribution >= 0.6 is 0 Å². The number of hydrogen-bond acceptors (Lipinski definition) is 3. The van der Waals surface area contributed by atoms with E-state index in [2.05, 4.69) is 10.6 Å². The minimum atomic E-state index is -0.476. The molecule has 0 saturated heterocycles. The third kappa shape index (κ3) is 4.47. The summed E-state index contributed by atoms with van der Waals surface area (Å²) in [5, 5.41) is 5.66. The average Bonchev–Trinajstić information content (AvgIpc) is 3.29. The lowest BCUT2D eigenvalue weighted by atomic mass is 9.88. The third-order valence-corrected chi connectivity index (χ3v) is 4.47. The van der Waals surface area contributed by atoms with Gasteiger partial charge in [-0.2, -0.15) is 0 Å². The molecule has 0 aromatic carbocycles. The maximum Gasteiger partial charge on any atom is 0.242 e. The summed E-state index contributed by atoms with van der Waals surface area (Å²) < 4.78 is 0. The number of nitrogens with two attached hydrogens (primary N) is 1. The molecule has 1 unspecified atom stereocenters. The van der Waals surface area contributed by atoms with E-state index in [1.807, 2.05) is 0 Å². The van der Waals surface area contributed by atoms with Gasteiger partial charge in [0.2, 0.25) is 11.8 Å². The van der Waals surface area contributed by atoms with Gasteiger partial charge >= 0.3 is 0 Å². The Bertz CT molecular complexity index is 349. The molecule has 2 rings (SSSR count). The highest BCUT2D eigenvalue weighted by Gasteiger charge is 2.29. The van der Waals surface area contributed by atoms with Crippen LogP contribution in [0, 0.1) is 11.8 Å². The van der Waals surface area contributed by atoms with E-state index in [1.165, 1.54) is 19.3 Å². The van der Waals surface area contributed by atoms with Crippen molar-refractivity contribution >= 4 is 11.8 Å². The summed E-state index contributed by atoms with van der Waals surface area (Å²) in [6.07, 6.45) is 7.71. The van der Waals surface area contributed by atoms with Crippen LogP contribution in [0.1, 0.15) is 51.9 Å². The molecule has 2 amide bonds. The molecule has 2 saturated carbocycles. The number of hydrogen-bond donors (Lipinski definition) is 3. The Hall–Kier alpha value is -1.10. The Morgan fingerprint density at radius 1 is 1.15 bits per heavy atom. The molecule has 20 heavy (non-hydrogen) atoms. The smallest absolute Gasteiger partial charge is 0.242 e. The number of nitrogens with one attached hydrogen (secondary N) is 2. The molecule has 2 atom stereocenters. The van der Waals surface area contributed by atoms with Gasteiger partial charge in [-0.3, -0.25) is 9.59 Å². The second kappa shape index (κ2) is 7.07. The Balaban J connectivity index is 1.68. The van der Waals surface area contributed by atoms with Crippen molar-refractivity contribution < 1.29 is 9.59 Å². The molecule has 5 nitrogen and oxygen atoms in total. The van der Waals surface area contributed by atoms with Crippen LogP contribution in [0.25, 0.3) is 0 Å². The topological polar surface area (TPSA) is 84.2 Å². The van der Waals surface area contributed by atoms with Gasteiger partial charge in [-0.25, -0.2) is 0 Å². The van der Waals surface area contributed by atoms with Gasteiger partial charge in [-0.05, 0) is 38.5 Å². The van der Waals surface area contributed by atoms with Crippen molar-refractivity contribution in [1.82, 2.24) is 10.6 Å². The molecule has 2 aliphatic carbocycles. The molecule has 0 bridgehead atoms. The SMILES string of the molecule is C[C@H](NC(=O)C1CCCCC1)C(=O)NCC(N)C1CC1. The summed E-state index contributed by atoms with van der Waals surface area (Å²) in [4.78, 5) is 24.0. The zero-order valence-corrected chi connectivity index (χ0v) is 12.4. The molecule has 2 aliphatic rings. The summed E-state index contributed by atoms with van der Waals surface area (Å²) in [5.74, 6) is 0.555. The third-order valence-electron chi connectivity index (χ3n) is 4.47.